The number of likely N-dealkylation sites (N-methyl/N-ethyl adjacent to an activating group) is 1. The Labute approximate surface area is 155 Å². The van der Waals surface area contributed by atoms with E-state index in [1.807, 2.05) is 0 Å². The van der Waals surface area contributed by atoms with Crippen molar-refractivity contribution in [1.29, 1.82) is 0 Å². The summed E-state index contributed by atoms with van der Waals surface area (Å²) < 4.78 is 3.64. The van der Waals surface area contributed by atoms with Crippen LogP contribution in [-0.2, 0) is 24.0 Å². The number of hydrogen-bond donors (Lipinski definition) is 4. The minimum atomic E-state index is -0.972. The van der Waals surface area contributed by atoms with Crippen molar-refractivity contribution in [3.8, 4) is 0 Å². The molecule has 10 nitrogen and oxygen atoms in total. The van der Waals surface area contributed by atoms with Crippen LogP contribution in [0.25, 0.3) is 0 Å². The normalized spacial score (nSPS) is 26.5. The highest BCUT2D eigenvalue weighted by molar-refractivity contribution is 8.01. The molecular formula is C15H24N4O6S. The summed E-state index contributed by atoms with van der Waals surface area (Å²) in [5.74, 6) is -0.827. The first kappa shape index (κ1) is 20.3. The molecule has 2 fully saturated rings. The Morgan fingerprint density at radius 3 is 2.73 bits per heavy atom. The number of unbranched alkanes of at least 4 members (excludes halogenated alkanes) is 1. The van der Waals surface area contributed by atoms with Crippen molar-refractivity contribution < 1.29 is 28.8 Å². The molecule has 2 rings (SSSR count). The van der Waals surface area contributed by atoms with E-state index >= 15 is 0 Å². The molecule has 3 atom stereocenters. The van der Waals surface area contributed by atoms with Crippen LogP contribution in [0.3, 0.4) is 0 Å². The number of fused-ring (bicyclic) bond motifs is 1. The Balaban J connectivity index is 2.02. The van der Waals surface area contributed by atoms with Gasteiger partial charge in [-0.1, -0.05) is 6.42 Å². The van der Waals surface area contributed by atoms with Gasteiger partial charge in [-0.3, -0.25) is 9.59 Å². The number of thioether (sulfide) groups is 1. The number of urea groups is 1. The molecule has 0 bridgehead atoms. The van der Waals surface area contributed by atoms with Crippen LogP contribution in [0.4, 0.5) is 4.79 Å². The number of rotatable bonds is 8. The van der Waals surface area contributed by atoms with Crippen LogP contribution in [0.1, 0.15) is 25.7 Å². The number of carbonyl (C=O) groups is 4. The van der Waals surface area contributed by atoms with Gasteiger partial charge in [0, 0.05) is 12.2 Å². The zero-order chi connectivity index (χ0) is 19.2. The molecule has 11 heteroatoms. The summed E-state index contributed by atoms with van der Waals surface area (Å²) in [6, 6.07) is -0.910. The number of nitrogens with one attached hydrogen (secondary N) is 4. The molecule has 0 unspecified atom stereocenters. The molecule has 26 heavy (non-hydrogen) atoms. The predicted molar refractivity (Wildman–Crippen MR) is 93.1 cm³/mol. The standard InChI is InChI=1S/C15H24N4O6S/c1-16-7-11(21)25-19-13(22)15(6-4-3-5-10(20)24-2)12-9(8-26-15)17-14(23)18-12/h9,12,16H,3-8H2,1-2H3,(H,19,22)(H2,17,18,23)/t9-,12-,15-/m0/s1. The van der Waals surface area contributed by atoms with Crippen molar-refractivity contribution in [3.05, 3.63) is 0 Å². The average molecular weight is 388 g/mol. The molecule has 3 amide bonds. The lowest BCUT2D eigenvalue weighted by molar-refractivity contribution is -0.158. The summed E-state index contributed by atoms with van der Waals surface area (Å²) in [4.78, 5) is 52.0. The van der Waals surface area contributed by atoms with E-state index < -0.39 is 22.7 Å². The van der Waals surface area contributed by atoms with Gasteiger partial charge in [0.05, 0.1) is 25.7 Å². The highest BCUT2D eigenvalue weighted by Crippen LogP contribution is 2.44. The second kappa shape index (κ2) is 9.08. The largest absolute Gasteiger partial charge is 0.469 e. The SMILES string of the molecule is CNCC(=O)ONC(=O)[C@@]1(CCCCC(=O)OC)SC[C@@H]2NC(=O)N[C@@H]21. The van der Waals surface area contributed by atoms with Gasteiger partial charge in [0.1, 0.15) is 4.75 Å². The van der Waals surface area contributed by atoms with Crippen molar-refractivity contribution in [2.75, 3.05) is 26.5 Å². The van der Waals surface area contributed by atoms with Crippen LogP contribution in [-0.4, -0.2) is 67.2 Å². The maximum absolute atomic E-state index is 12.8. The van der Waals surface area contributed by atoms with Gasteiger partial charge in [-0.15, -0.1) is 11.8 Å². The van der Waals surface area contributed by atoms with Crippen LogP contribution in [0, 0.1) is 0 Å². The first-order chi connectivity index (χ1) is 12.4. The Hall–Kier alpha value is -2.01. The molecular weight excluding hydrogens is 364 g/mol. The van der Waals surface area contributed by atoms with Crippen LogP contribution >= 0.6 is 11.8 Å². The molecule has 0 aromatic heterocycles. The lowest BCUT2D eigenvalue weighted by Gasteiger charge is -2.31. The van der Waals surface area contributed by atoms with Gasteiger partial charge in [0.2, 0.25) is 0 Å². The third kappa shape index (κ3) is 4.58. The van der Waals surface area contributed by atoms with Gasteiger partial charge < -0.3 is 25.5 Å². The molecule has 2 aliphatic rings. The van der Waals surface area contributed by atoms with E-state index in [1.165, 1.54) is 18.9 Å². The van der Waals surface area contributed by atoms with E-state index in [0.29, 0.717) is 25.0 Å². The molecule has 0 saturated carbocycles. The quantitative estimate of drug-likeness (QED) is 0.181. The van der Waals surface area contributed by atoms with E-state index in [-0.39, 0.29) is 31.0 Å². The molecule has 146 valence electrons. The Morgan fingerprint density at radius 2 is 2.04 bits per heavy atom. The fourth-order valence-electron chi connectivity index (χ4n) is 3.12. The maximum Gasteiger partial charge on any atom is 0.345 e. The molecule has 0 radical (unpaired) electrons. The molecule has 4 N–H and O–H groups in total. The van der Waals surface area contributed by atoms with Crippen molar-refractivity contribution in [2.45, 2.75) is 42.5 Å². The average Bonchev–Trinajstić information content (AvgIpc) is 3.15. The smallest absolute Gasteiger partial charge is 0.345 e. The number of methoxy groups -OCH3 is 1. The lowest BCUT2D eigenvalue weighted by atomic mass is 9.89. The summed E-state index contributed by atoms with van der Waals surface area (Å²) in [5.41, 5.74) is 2.22. The molecule has 0 aromatic rings. The zero-order valence-electron chi connectivity index (χ0n) is 14.8. The minimum absolute atomic E-state index is 0.0378. The van der Waals surface area contributed by atoms with Crippen LogP contribution in [0.2, 0.25) is 0 Å². The number of amides is 3. The van der Waals surface area contributed by atoms with Crippen molar-refractivity contribution in [2.24, 2.45) is 0 Å². The Morgan fingerprint density at radius 1 is 1.27 bits per heavy atom. The second-order valence-electron chi connectivity index (χ2n) is 6.12. The van der Waals surface area contributed by atoms with Crippen LogP contribution < -0.4 is 21.4 Å². The zero-order valence-corrected chi connectivity index (χ0v) is 15.6. The van der Waals surface area contributed by atoms with Gasteiger partial charge in [-0.05, 0) is 19.9 Å². The summed E-state index contributed by atoms with van der Waals surface area (Å²) >= 11 is 1.41. The number of ether oxygens (including phenoxy) is 1. The Bertz CT molecular complexity index is 574. The molecule has 0 aliphatic carbocycles. The number of carbonyl (C=O) groups excluding carboxylic acids is 4. The van der Waals surface area contributed by atoms with Crippen LogP contribution in [0.5, 0.6) is 0 Å². The topological polar surface area (TPSA) is 135 Å². The van der Waals surface area contributed by atoms with Gasteiger partial charge >= 0.3 is 18.0 Å². The Kier molecular flexibility index (Phi) is 7.09. The molecule has 2 aliphatic heterocycles. The first-order valence-corrected chi connectivity index (χ1v) is 9.34. The van der Waals surface area contributed by atoms with E-state index in [2.05, 4.69) is 26.2 Å². The number of esters is 1. The van der Waals surface area contributed by atoms with E-state index in [1.54, 1.807) is 7.05 Å². The fraction of sp³-hybridized carbons (Fsp3) is 0.733. The molecule has 0 spiro atoms. The van der Waals surface area contributed by atoms with Crippen molar-refractivity contribution >= 4 is 35.6 Å². The third-order valence-electron chi connectivity index (χ3n) is 4.40. The summed E-state index contributed by atoms with van der Waals surface area (Å²) in [7, 11) is 2.91. The fourth-order valence-corrected chi connectivity index (χ4v) is 4.74. The highest BCUT2D eigenvalue weighted by atomic mass is 32.2. The van der Waals surface area contributed by atoms with Gasteiger partial charge in [0.15, 0.2) is 0 Å². The second-order valence-corrected chi connectivity index (χ2v) is 7.47. The van der Waals surface area contributed by atoms with E-state index in [0.717, 1.165) is 0 Å². The monoisotopic (exact) mass is 388 g/mol. The number of hydrogen-bond acceptors (Lipinski definition) is 8. The summed E-state index contributed by atoms with van der Waals surface area (Å²) in [6.07, 6.45) is 1.82. The number of hydroxylamine groups is 1. The molecule has 0 aromatic carbocycles. The first-order valence-electron chi connectivity index (χ1n) is 8.35. The van der Waals surface area contributed by atoms with Crippen molar-refractivity contribution in [3.63, 3.8) is 0 Å². The van der Waals surface area contributed by atoms with E-state index in [9.17, 15) is 19.2 Å². The predicted octanol–water partition coefficient (Wildman–Crippen LogP) is -0.951. The summed E-state index contributed by atoms with van der Waals surface area (Å²) in [6.45, 7) is -0.0378. The maximum atomic E-state index is 12.8. The third-order valence-corrected chi connectivity index (χ3v) is 6.08. The van der Waals surface area contributed by atoms with Crippen molar-refractivity contribution in [1.82, 2.24) is 21.4 Å². The highest BCUT2D eigenvalue weighted by Gasteiger charge is 2.58. The molecule has 2 heterocycles. The van der Waals surface area contributed by atoms with Crippen LogP contribution in [0.15, 0.2) is 0 Å². The van der Waals surface area contributed by atoms with Gasteiger partial charge in [0.25, 0.3) is 5.91 Å². The van der Waals surface area contributed by atoms with E-state index in [4.69, 9.17) is 4.84 Å². The van der Waals surface area contributed by atoms with Gasteiger partial charge in [-0.25, -0.2) is 9.59 Å². The lowest BCUT2D eigenvalue weighted by Crippen LogP contribution is -2.56. The summed E-state index contributed by atoms with van der Waals surface area (Å²) in [5, 5.41) is 8.20. The minimum Gasteiger partial charge on any atom is -0.469 e. The molecule has 2 saturated heterocycles. The van der Waals surface area contributed by atoms with Gasteiger partial charge in [-0.2, -0.15) is 5.48 Å².